The lowest BCUT2D eigenvalue weighted by molar-refractivity contribution is 0.0955. The Bertz CT molecular complexity index is 1020. The Morgan fingerprint density at radius 2 is 2.11 bits per heavy atom. The largest absolute Gasteiger partial charge is 0.494 e. The van der Waals surface area contributed by atoms with Gasteiger partial charge in [0.05, 0.1) is 6.21 Å². The number of aromatic amines is 1. The monoisotopic (exact) mass is 383 g/mol. The van der Waals surface area contributed by atoms with Gasteiger partial charge in [-0.3, -0.25) is 24.1 Å². The zero-order valence-electron chi connectivity index (χ0n) is 15.2. The highest BCUT2D eigenvalue weighted by atomic mass is 16.3. The second-order valence-corrected chi connectivity index (χ2v) is 6.44. The van der Waals surface area contributed by atoms with Crippen molar-refractivity contribution >= 4 is 12.1 Å². The van der Waals surface area contributed by atoms with Gasteiger partial charge in [-0.05, 0) is 44.2 Å². The van der Waals surface area contributed by atoms with Crippen LogP contribution in [0.25, 0.3) is 0 Å². The molecular weight excluding hydrogens is 362 g/mol. The van der Waals surface area contributed by atoms with Crippen LogP contribution in [0.1, 0.15) is 48.0 Å². The zero-order valence-corrected chi connectivity index (χ0v) is 15.2. The summed E-state index contributed by atoms with van der Waals surface area (Å²) in [6.45, 7) is 0.248. The Morgan fingerprint density at radius 3 is 2.82 bits per heavy atom. The maximum atomic E-state index is 12.1. The molecule has 0 aromatic carbocycles. The molecule has 3 rings (SSSR count). The normalized spacial score (nSPS) is 14.1. The average Bonchev–Trinajstić information content (AvgIpc) is 2.71. The smallest absolute Gasteiger partial charge is 0.331 e. The summed E-state index contributed by atoms with van der Waals surface area (Å²) in [5, 5.41) is 14.1. The van der Waals surface area contributed by atoms with Crippen LogP contribution in [0.5, 0.6) is 5.88 Å². The predicted molar refractivity (Wildman–Crippen MR) is 103 cm³/mol. The maximum Gasteiger partial charge on any atom is 0.331 e. The van der Waals surface area contributed by atoms with Gasteiger partial charge in [-0.1, -0.05) is 11.6 Å². The van der Waals surface area contributed by atoms with Crippen LogP contribution in [0.15, 0.2) is 50.9 Å². The number of amides is 1. The molecule has 0 saturated heterocycles. The third kappa shape index (κ3) is 4.61. The molecule has 0 fully saturated rings. The fourth-order valence-electron chi connectivity index (χ4n) is 3.01. The Hall–Kier alpha value is -3.49. The number of allylic oxidation sites excluding steroid dienone is 2. The average molecular weight is 383 g/mol. The summed E-state index contributed by atoms with van der Waals surface area (Å²) in [5.41, 5.74) is 2.18. The lowest BCUT2D eigenvalue weighted by atomic mass is 9.97. The van der Waals surface area contributed by atoms with Crippen LogP contribution >= 0.6 is 0 Å². The van der Waals surface area contributed by atoms with Gasteiger partial charge in [0.15, 0.2) is 0 Å². The van der Waals surface area contributed by atoms with Crippen molar-refractivity contribution in [3.8, 4) is 5.88 Å². The number of hydrazone groups is 1. The van der Waals surface area contributed by atoms with Crippen LogP contribution in [0.3, 0.4) is 0 Å². The van der Waals surface area contributed by atoms with Gasteiger partial charge in [-0.15, -0.1) is 0 Å². The molecule has 2 aromatic rings. The van der Waals surface area contributed by atoms with Crippen LogP contribution < -0.4 is 16.7 Å². The first-order valence-corrected chi connectivity index (χ1v) is 9.03. The molecule has 2 aromatic heterocycles. The molecule has 0 saturated carbocycles. The molecule has 0 unspecified atom stereocenters. The molecule has 28 heavy (non-hydrogen) atoms. The van der Waals surface area contributed by atoms with Crippen molar-refractivity contribution in [1.82, 2.24) is 20.0 Å². The zero-order chi connectivity index (χ0) is 19.9. The number of H-pyrrole nitrogens is 1. The highest BCUT2D eigenvalue weighted by Crippen LogP contribution is 2.21. The van der Waals surface area contributed by atoms with Gasteiger partial charge < -0.3 is 5.11 Å². The minimum Gasteiger partial charge on any atom is -0.494 e. The lowest BCUT2D eigenvalue weighted by Gasteiger charge is -2.14. The summed E-state index contributed by atoms with van der Waals surface area (Å²) in [5.74, 6) is -0.973. The van der Waals surface area contributed by atoms with Crippen LogP contribution in [-0.4, -0.2) is 31.8 Å². The number of aromatic hydroxyl groups is 1. The summed E-state index contributed by atoms with van der Waals surface area (Å²) in [6.07, 6.45) is 11.0. The Balaban J connectivity index is 1.75. The van der Waals surface area contributed by atoms with Gasteiger partial charge in [-0.2, -0.15) is 5.10 Å². The van der Waals surface area contributed by atoms with E-state index in [-0.39, 0.29) is 12.1 Å². The standard InChI is InChI=1S/C19H21N5O4/c25-16(14-6-9-20-10-7-14)23-21-12-15-17(26)22-19(28)24(18(15)27)11-8-13-4-2-1-3-5-13/h4,6-7,9-10,12,27H,1-3,5,8,11H2,(H,23,25)(H,22,26,28)/b21-12-. The third-order valence-corrected chi connectivity index (χ3v) is 4.55. The fourth-order valence-corrected chi connectivity index (χ4v) is 3.01. The second kappa shape index (κ2) is 8.94. The van der Waals surface area contributed by atoms with E-state index in [1.165, 1.54) is 36.5 Å². The number of aromatic nitrogens is 3. The van der Waals surface area contributed by atoms with Crippen molar-refractivity contribution in [3.05, 3.63) is 68.1 Å². The first-order valence-electron chi connectivity index (χ1n) is 9.03. The van der Waals surface area contributed by atoms with E-state index < -0.39 is 23.0 Å². The van der Waals surface area contributed by atoms with E-state index in [9.17, 15) is 19.5 Å². The van der Waals surface area contributed by atoms with E-state index in [0.29, 0.717) is 12.0 Å². The SMILES string of the molecule is O=C(N/N=C\c1c(O)n(CCC2=CCCCC2)c(=O)[nH]c1=O)c1ccncc1. The molecule has 1 aliphatic carbocycles. The van der Waals surface area contributed by atoms with Crippen LogP contribution in [-0.2, 0) is 6.54 Å². The minimum atomic E-state index is -0.780. The molecule has 0 atom stereocenters. The molecule has 9 nitrogen and oxygen atoms in total. The summed E-state index contributed by atoms with van der Waals surface area (Å²) in [6, 6.07) is 3.02. The molecular formula is C19H21N5O4. The molecule has 3 N–H and O–H groups in total. The third-order valence-electron chi connectivity index (χ3n) is 4.55. The molecule has 2 heterocycles. The van der Waals surface area contributed by atoms with Gasteiger partial charge in [0.2, 0.25) is 5.88 Å². The second-order valence-electron chi connectivity index (χ2n) is 6.44. The van der Waals surface area contributed by atoms with Crippen LogP contribution in [0, 0.1) is 0 Å². The number of pyridine rings is 1. The minimum absolute atomic E-state index is 0.202. The van der Waals surface area contributed by atoms with E-state index in [2.05, 4.69) is 26.6 Å². The van der Waals surface area contributed by atoms with Crippen LogP contribution in [0.2, 0.25) is 0 Å². The van der Waals surface area contributed by atoms with Gasteiger partial charge in [0.1, 0.15) is 5.56 Å². The molecule has 146 valence electrons. The summed E-state index contributed by atoms with van der Waals surface area (Å²) < 4.78 is 1.10. The summed E-state index contributed by atoms with van der Waals surface area (Å²) >= 11 is 0. The fraction of sp³-hybridized carbons (Fsp3) is 0.316. The summed E-state index contributed by atoms with van der Waals surface area (Å²) in [4.78, 5) is 42.0. The van der Waals surface area contributed by atoms with Crippen molar-refractivity contribution < 1.29 is 9.90 Å². The number of hydrogen-bond donors (Lipinski definition) is 3. The number of nitrogens with zero attached hydrogens (tertiary/aromatic N) is 3. The number of rotatable bonds is 6. The number of carbonyl (C=O) groups is 1. The van der Waals surface area contributed by atoms with E-state index in [0.717, 1.165) is 30.0 Å². The van der Waals surface area contributed by atoms with E-state index in [1.807, 2.05) is 0 Å². The van der Waals surface area contributed by atoms with E-state index >= 15 is 0 Å². The summed E-state index contributed by atoms with van der Waals surface area (Å²) in [7, 11) is 0. The Morgan fingerprint density at radius 1 is 1.32 bits per heavy atom. The number of nitrogens with one attached hydrogen (secondary N) is 2. The van der Waals surface area contributed by atoms with Crippen molar-refractivity contribution in [2.75, 3.05) is 0 Å². The molecule has 9 heteroatoms. The van der Waals surface area contributed by atoms with Crippen molar-refractivity contribution in [2.24, 2.45) is 5.10 Å². The predicted octanol–water partition coefficient (Wildman–Crippen LogP) is 1.29. The van der Waals surface area contributed by atoms with Gasteiger partial charge in [0, 0.05) is 24.5 Å². The molecule has 0 radical (unpaired) electrons. The van der Waals surface area contributed by atoms with E-state index in [1.54, 1.807) is 0 Å². The maximum absolute atomic E-state index is 12.1. The van der Waals surface area contributed by atoms with E-state index in [4.69, 9.17) is 0 Å². The molecule has 1 aliphatic rings. The first-order chi connectivity index (χ1) is 13.6. The van der Waals surface area contributed by atoms with Gasteiger partial charge in [0.25, 0.3) is 11.5 Å². The molecule has 0 aliphatic heterocycles. The Kier molecular flexibility index (Phi) is 6.15. The highest BCUT2D eigenvalue weighted by Gasteiger charge is 2.14. The topological polar surface area (TPSA) is 129 Å². The van der Waals surface area contributed by atoms with Crippen molar-refractivity contribution in [1.29, 1.82) is 0 Å². The highest BCUT2D eigenvalue weighted by molar-refractivity contribution is 5.94. The number of hydrogen-bond acceptors (Lipinski definition) is 6. The molecule has 0 spiro atoms. The van der Waals surface area contributed by atoms with Crippen LogP contribution in [0.4, 0.5) is 0 Å². The lowest BCUT2D eigenvalue weighted by Crippen LogP contribution is -2.32. The molecule has 0 bridgehead atoms. The molecule has 1 amide bonds. The number of carbonyl (C=O) groups excluding carboxylic acids is 1. The first kappa shape index (κ1) is 19.3. The quantitative estimate of drug-likeness (QED) is 0.393. The van der Waals surface area contributed by atoms with Crippen molar-refractivity contribution in [3.63, 3.8) is 0 Å². The van der Waals surface area contributed by atoms with Gasteiger partial charge in [-0.25, -0.2) is 10.2 Å². The van der Waals surface area contributed by atoms with Gasteiger partial charge >= 0.3 is 5.69 Å². The van der Waals surface area contributed by atoms with Crippen molar-refractivity contribution in [2.45, 2.75) is 38.6 Å². The Labute approximate surface area is 160 Å².